The highest BCUT2D eigenvalue weighted by atomic mass is 16.5. The molecule has 1 fully saturated rings. The second-order valence-corrected chi connectivity index (χ2v) is 6.22. The lowest BCUT2D eigenvalue weighted by Gasteiger charge is -2.34. The number of benzene rings is 1. The van der Waals surface area contributed by atoms with Crippen molar-refractivity contribution < 1.29 is 14.3 Å². The number of likely N-dealkylation sites (tertiary alicyclic amines) is 1. The second-order valence-electron chi connectivity index (χ2n) is 6.22. The topological polar surface area (TPSA) is 56.6 Å². The molecule has 1 aliphatic heterocycles. The van der Waals surface area contributed by atoms with E-state index >= 15 is 0 Å². The van der Waals surface area contributed by atoms with Gasteiger partial charge in [0.1, 0.15) is 5.82 Å². The molecule has 134 valence electrons. The van der Waals surface area contributed by atoms with Crippen molar-refractivity contribution in [2.45, 2.75) is 32.2 Å². The molecule has 1 aromatic carbocycles. The molecule has 3 rings (SSSR count). The molecule has 2 aromatic rings. The quantitative estimate of drug-likeness (QED) is 0.837. The standard InChI is InChI=1S/C19H25N3O3/c1-4-18-20-9-11-22(18)15-6-5-10-21(13-15)19(23)14-7-8-16(24-2)17(12-14)25-3/h7-9,11-12,15H,4-6,10,13H2,1-3H3. The Morgan fingerprint density at radius 2 is 2.08 bits per heavy atom. The average Bonchev–Trinajstić information content (AvgIpc) is 3.15. The fraction of sp³-hybridized carbons (Fsp3) is 0.474. The van der Waals surface area contributed by atoms with Crippen LogP contribution in [0.15, 0.2) is 30.6 Å². The zero-order valence-electron chi connectivity index (χ0n) is 15.1. The Bertz CT molecular complexity index is 741. The van der Waals surface area contributed by atoms with Crippen molar-refractivity contribution in [2.24, 2.45) is 0 Å². The summed E-state index contributed by atoms with van der Waals surface area (Å²) in [5, 5.41) is 0. The second kappa shape index (κ2) is 7.59. The molecule has 0 saturated carbocycles. The molecule has 0 spiro atoms. The third-order valence-corrected chi connectivity index (χ3v) is 4.77. The van der Waals surface area contributed by atoms with Crippen LogP contribution in [-0.2, 0) is 6.42 Å². The SMILES string of the molecule is CCc1nccn1C1CCCN(C(=O)c2ccc(OC)c(OC)c2)C1. The van der Waals surface area contributed by atoms with Crippen LogP contribution in [0.4, 0.5) is 0 Å². The first kappa shape index (κ1) is 17.3. The minimum absolute atomic E-state index is 0.0313. The number of rotatable bonds is 5. The van der Waals surface area contributed by atoms with Gasteiger partial charge in [-0.1, -0.05) is 6.92 Å². The number of aromatic nitrogens is 2. The number of carbonyl (C=O) groups is 1. The normalized spacial score (nSPS) is 17.4. The van der Waals surface area contributed by atoms with E-state index in [1.54, 1.807) is 32.4 Å². The lowest BCUT2D eigenvalue weighted by molar-refractivity contribution is 0.0677. The Balaban J connectivity index is 1.78. The van der Waals surface area contributed by atoms with Gasteiger partial charge in [0.05, 0.1) is 20.3 Å². The van der Waals surface area contributed by atoms with Crippen LogP contribution in [0.2, 0.25) is 0 Å². The molecule has 6 heteroatoms. The maximum Gasteiger partial charge on any atom is 0.254 e. The minimum atomic E-state index is 0.0313. The maximum absolute atomic E-state index is 12.9. The Kier molecular flexibility index (Phi) is 5.26. The van der Waals surface area contributed by atoms with Gasteiger partial charge in [0, 0.05) is 37.5 Å². The number of ether oxygens (including phenoxy) is 2. The first-order valence-electron chi connectivity index (χ1n) is 8.71. The fourth-order valence-corrected chi connectivity index (χ4v) is 3.47. The molecule has 2 heterocycles. The summed E-state index contributed by atoms with van der Waals surface area (Å²) >= 11 is 0. The van der Waals surface area contributed by atoms with Crippen LogP contribution in [0.3, 0.4) is 0 Å². The number of imidazole rings is 1. The molecule has 0 aliphatic carbocycles. The Labute approximate surface area is 148 Å². The summed E-state index contributed by atoms with van der Waals surface area (Å²) in [7, 11) is 3.17. The molecule has 0 radical (unpaired) electrons. The van der Waals surface area contributed by atoms with Crippen molar-refractivity contribution in [3.05, 3.63) is 42.0 Å². The van der Waals surface area contributed by atoms with E-state index in [1.807, 2.05) is 17.3 Å². The highest BCUT2D eigenvalue weighted by Gasteiger charge is 2.26. The molecule has 1 amide bonds. The van der Waals surface area contributed by atoms with Gasteiger partial charge in [-0.3, -0.25) is 4.79 Å². The Hall–Kier alpha value is -2.50. The highest BCUT2D eigenvalue weighted by molar-refractivity contribution is 5.95. The number of aryl methyl sites for hydroxylation is 1. The summed E-state index contributed by atoms with van der Waals surface area (Å²) in [4.78, 5) is 19.3. The van der Waals surface area contributed by atoms with Crippen LogP contribution < -0.4 is 9.47 Å². The molecular formula is C19H25N3O3. The van der Waals surface area contributed by atoms with Gasteiger partial charge >= 0.3 is 0 Å². The van der Waals surface area contributed by atoms with Crippen molar-refractivity contribution in [2.75, 3.05) is 27.3 Å². The van der Waals surface area contributed by atoms with E-state index in [9.17, 15) is 4.79 Å². The van der Waals surface area contributed by atoms with Gasteiger partial charge in [0.15, 0.2) is 11.5 Å². The molecule has 25 heavy (non-hydrogen) atoms. The van der Waals surface area contributed by atoms with Crippen molar-refractivity contribution in [3.63, 3.8) is 0 Å². The summed E-state index contributed by atoms with van der Waals surface area (Å²) in [6.07, 6.45) is 6.82. The van der Waals surface area contributed by atoms with E-state index in [1.165, 1.54) is 0 Å². The Morgan fingerprint density at radius 3 is 2.80 bits per heavy atom. The van der Waals surface area contributed by atoms with E-state index in [2.05, 4.69) is 16.5 Å². The Morgan fingerprint density at radius 1 is 1.28 bits per heavy atom. The average molecular weight is 343 g/mol. The molecule has 1 aliphatic rings. The van der Waals surface area contributed by atoms with Crippen LogP contribution in [0, 0.1) is 0 Å². The zero-order valence-corrected chi connectivity index (χ0v) is 15.1. The summed E-state index contributed by atoms with van der Waals surface area (Å²) in [5.41, 5.74) is 0.625. The number of methoxy groups -OCH3 is 2. The molecule has 1 aromatic heterocycles. The molecular weight excluding hydrogens is 318 g/mol. The predicted molar refractivity (Wildman–Crippen MR) is 95.3 cm³/mol. The van der Waals surface area contributed by atoms with E-state index in [4.69, 9.17) is 9.47 Å². The van der Waals surface area contributed by atoms with E-state index < -0.39 is 0 Å². The van der Waals surface area contributed by atoms with Gasteiger partial charge in [0.2, 0.25) is 0 Å². The predicted octanol–water partition coefficient (Wildman–Crippen LogP) is 2.94. The summed E-state index contributed by atoms with van der Waals surface area (Å²) in [6, 6.07) is 5.61. The number of nitrogens with zero attached hydrogens (tertiary/aromatic N) is 3. The van der Waals surface area contributed by atoms with Gasteiger partial charge in [-0.25, -0.2) is 4.98 Å². The van der Waals surface area contributed by atoms with Gasteiger partial charge < -0.3 is 18.9 Å². The minimum Gasteiger partial charge on any atom is -0.493 e. The lowest BCUT2D eigenvalue weighted by atomic mass is 10.0. The number of carbonyl (C=O) groups excluding carboxylic acids is 1. The number of piperidine rings is 1. The summed E-state index contributed by atoms with van der Waals surface area (Å²) in [6.45, 7) is 3.59. The van der Waals surface area contributed by atoms with Crippen molar-refractivity contribution in [3.8, 4) is 11.5 Å². The highest BCUT2D eigenvalue weighted by Crippen LogP contribution is 2.29. The monoisotopic (exact) mass is 343 g/mol. The third kappa shape index (κ3) is 3.48. The number of hydrogen-bond donors (Lipinski definition) is 0. The van der Waals surface area contributed by atoms with Gasteiger partial charge in [-0.05, 0) is 31.0 Å². The summed E-state index contributed by atoms with van der Waals surface area (Å²) in [5.74, 6) is 2.31. The van der Waals surface area contributed by atoms with Crippen LogP contribution in [0.1, 0.15) is 42.0 Å². The van der Waals surface area contributed by atoms with Crippen LogP contribution in [-0.4, -0.2) is 47.7 Å². The zero-order chi connectivity index (χ0) is 17.8. The molecule has 1 unspecified atom stereocenters. The van der Waals surface area contributed by atoms with Crippen LogP contribution >= 0.6 is 0 Å². The maximum atomic E-state index is 12.9. The van der Waals surface area contributed by atoms with E-state index in [0.717, 1.165) is 31.6 Å². The van der Waals surface area contributed by atoms with Gasteiger partial charge in [-0.2, -0.15) is 0 Å². The summed E-state index contributed by atoms with van der Waals surface area (Å²) < 4.78 is 12.8. The third-order valence-electron chi connectivity index (χ3n) is 4.77. The van der Waals surface area contributed by atoms with E-state index in [-0.39, 0.29) is 11.9 Å². The van der Waals surface area contributed by atoms with Crippen molar-refractivity contribution in [1.82, 2.24) is 14.5 Å². The van der Waals surface area contributed by atoms with Crippen molar-refractivity contribution in [1.29, 1.82) is 0 Å². The fourth-order valence-electron chi connectivity index (χ4n) is 3.47. The van der Waals surface area contributed by atoms with Gasteiger partial charge in [-0.15, -0.1) is 0 Å². The number of hydrogen-bond acceptors (Lipinski definition) is 4. The molecule has 0 bridgehead atoms. The molecule has 1 saturated heterocycles. The molecule has 6 nitrogen and oxygen atoms in total. The smallest absolute Gasteiger partial charge is 0.254 e. The van der Waals surface area contributed by atoms with Crippen molar-refractivity contribution >= 4 is 5.91 Å². The van der Waals surface area contributed by atoms with Crippen LogP contribution in [0.25, 0.3) is 0 Å². The largest absolute Gasteiger partial charge is 0.493 e. The van der Waals surface area contributed by atoms with Gasteiger partial charge in [0.25, 0.3) is 5.91 Å². The number of amides is 1. The van der Waals surface area contributed by atoms with Crippen LogP contribution in [0.5, 0.6) is 11.5 Å². The lowest BCUT2D eigenvalue weighted by Crippen LogP contribution is -2.40. The van der Waals surface area contributed by atoms with E-state index in [0.29, 0.717) is 23.6 Å². The first-order valence-corrected chi connectivity index (χ1v) is 8.71. The molecule has 1 atom stereocenters. The first-order chi connectivity index (χ1) is 12.2. The molecule has 0 N–H and O–H groups in total.